The first kappa shape index (κ1) is 16.5. The predicted molar refractivity (Wildman–Crippen MR) is 77.5 cm³/mol. The Balaban J connectivity index is 2.25. The highest BCUT2D eigenvalue weighted by Crippen LogP contribution is 2.33. The second-order valence-electron chi connectivity index (χ2n) is 4.15. The number of hydrogen-bond acceptors (Lipinski definition) is 2. The monoisotopic (exact) mass is 349 g/mol. The van der Waals surface area contributed by atoms with Crippen LogP contribution in [0.1, 0.15) is 10.4 Å². The Labute approximate surface area is 133 Å². The van der Waals surface area contributed by atoms with Gasteiger partial charge in [0.15, 0.2) is 5.75 Å². The van der Waals surface area contributed by atoms with E-state index in [1.54, 1.807) is 0 Å². The summed E-state index contributed by atoms with van der Waals surface area (Å²) in [4.78, 5) is 12.0. The van der Waals surface area contributed by atoms with Crippen molar-refractivity contribution in [3.8, 4) is 5.75 Å². The second-order valence-corrected chi connectivity index (χ2v) is 5.02. The smallest absolute Gasteiger partial charge is 0.404 e. The van der Waals surface area contributed by atoms with Crippen molar-refractivity contribution in [3.05, 3.63) is 58.1 Å². The van der Waals surface area contributed by atoms with Crippen LogP contribution in [0.4, 0.5) is 18.9 Å². The number of hydrogen-bond donors (Lipinski definition) is 1. The standard InChI is InChI=1S/C14H8Cl2F3NO2/c15-9-3-1-8(2-4-9)13(21)20-11-6-5-10(16)7-12(11)22-14(17,18)19/h1-7H,(H,20,21). The van der Waals surface area contributed by atoms with E-state index < -0.39 is 18.0 Å². The first-order valence-electron chi connectivity index (χ1n) is 5.87. The molecule has 8 heteroatoms. The van der Waals surface area contributed by atoms with Gasteiger partial charge in [0.25, 0.3) is 5.91 Å². The lowest BCUT2D eigenvalue weighted by molar-refractivity contribution is -0.274. The lowest BCUT2D eigenvalue weighted by Crippen LogP contribution is -2.19. The van der Waals surface area contributed by atoms with Crippen LogP contribution in [-0.4, -0.2) is 12.3 Å². The van der Waals surface area contributed by atoms with Crippen LogP contribution in [-0.2, 0) is 0 Å². The molecule has 1 N–H and O–H groups in total. The number of benzene rings is 2. The molecule has 0 aliphatic rings. The molecule has 0 aliphatic carbocycles. The van der Waals surface area contributed by atoms with Gasteiger partial charge in [0.1, 0.15) is 0 Å². The number of anilines is 1. The molecule has 0 atom stereocenters. The van der Waals surface area contributed by atoms with Crippen molar-refractivity contribution < 1.29 is 22.7 Å². The number of alkyl halides is 3. The summed E-state index contributed by atoms with van der Waals surface area (Å²) in [5.74, 6) is -1.20. The molecule has 116 valence electrons. The average molecular weight is 350 g/mol. The topological polar surface area (TPSA) is 38.3 Å². The maximum atomic E-state index is 12.4. The molecular weight excluding hydrogens is 342 g/mol. The summed E-state index contributed by atoms with van der Waals surface area (Å²) >= 11 is 11.3. The maximum Gasteiger partial charge on any atom is 0.573 e. The van der Waals surface area contributed by atoms with E-state index in [1.165, 1.54) is 36.4 Å². The molecule has 2 rings (SSSR count). The number of carbonyl (C=O) groups is 1. The number of halogens is 5. The second kappa shape index (κ2) is 6.46. The van der Waals surface area contributed by atoms with E-state index in [2.05, 4.69) is 10.1 Å². The number of amides is 1. The minimum Gasteiger partial charge on any atom is -0.404 e. The van der Waals surface area contributed by atoms with Gasteiger partial charge >= 0.3 is 6.36 Å². The van der Waals surface area contributed by atoms with Crippen molar-refractivity contribution in [3.63, 3.8) is 0 Å². The van der Waals surface area contributed by atoms with Gasteiger partial charge in [-0.15, -0.1) is 13.2 Å². The van der Waals surface area contributed by atoms with Gasteiger partial charge in [-0.05, 0) is 36.4 Å². The first-order valence-corrected chi connectivity index (χ1v) is 6.62. The van der Waals surface area contributed by atoms with E-state index in [9.17, 15) is 18.0 Å². The number of carbonyl (C=O) groups excluding carboxylic acids is 1. The largest absolute Gasteiger partial charge is 0.573 e. The third-order valence-corrected chi connectivity index (χ3v) is 3.01. The van der Waals surface area contributed by atoms with Crippen molar-refractivity contribution >= 4 is 34.8 Å². The van der Waals surface area contributed by atoms with E-state index in [4.69, 9.17) is 23.2 Å². The van der Waals surface area contributed by atoms with E-state index >= 15 is 0 Å². The summed E-state index contributed by atoms with van der Waals surface area (Å²) in [5.41, 5.74) is 0.0824. The molecule has 2 aromatic rings. The van der Waals surface area contributed by atoms with E-state index in [0.717, 1.165) is 6.07 Å². The van der Waals surface area contributed by atoms with Crippen LogP contribution in [0.25, 0.3) is 0 Å². The van der Waals surface area contributed by atoms with Crippen LogP contribution in [0.5, 0.6) is 5.75 Å². The van der Waals surface area contributed by atoms with Crippen LogP contribution >= 0.6 is 23.2 Å². The summed E-state index contributed by atoms with van der Waals surface area (Å²) in [7, 11) is 0. The van der Waals surface area contributed by atoms with Crippen molar-refractivity contribution in [2.45, 2.75) is 6.36 Å². The van der Waals surface area contributed by atoms with Crippen molar-refractivity contribution in [1.82, 2.24) is 0 Å². The van der Waals surface area contributed by atoms with E-state index in [1.807, 2.05) is 0 Å². The zero-order chi connectivity index (χ0) is 16.3. The molecule has 0 heterocycles. The Morgan fingerprint density at radius 1 is 1.00 bits per heavy atom. The molecule has 0 aromatic heterocycles. The predicted octanol–water partition coefficient (Wildman–Crippen LogP) is 5.14. The van der Waals surface area contributed by atoms with Gasteiger partial charge in [-0.1, -0.05) is 23.2 Å². The molecule has 2 aromatic carbocycles. The van der Waals surface area contributed by atoms with Crippen LogP contribution in [0.2, 0.25) is 10.0 Å². The molecule has 0 aliphatic heterocycles. The molecule has 0 saturated heterocycles. The van der Waals surface area contributed by atoms with E-state index in [-0.39, 0.29) is 16.3 Å². The van der Waals surface area contributed by atoms with Gasteiger partial charge in [-0.2, -0.15) is 0 Å². The van der Waals surface area contributed by atoms with Crippen LogP contribution in [0.3, 0.4) is 0 Å². The Kier molecular flexibility index (Phi) is 4.83. The fourth-order valence-electron chi connectivity index (χ4n) is 1.60. The number of nitrogens with one attached hydrogen (secondary N) is 1. The Hall–Kier alpha value is -1.92. The summed E-state index contributed by atoms with van der Waals surface area (Å²) in [6.45, 7) is 0. The average Bonchev–Trinajstić information content (AvgIpc) is 2.41. The summed E-state index contributed by atoms with van der Waals surface area (Å²) in [6.07, 6.45) is -4.90. The van der Waals surface area contributed by atoms with Crippen molar-refractivity contribution in [1.29, 1.82) is 0 Å². The first-order chi connectivity index (χ1) is 10.2. The van der Waals surface area contributed by atoms with Gasteiger partial charge in [-0.25, -0.2) is 0 Å². The highest BCUT2D eigenvalue weighted by molar-refractivity contribution is 6.31. The summed E-state index contributed by atoms with van der Waals surface area (Å²) < 4.78 is 40.9. The van der Waals surface area contributed by atoms with E-state index in [0.29, 0.717) is 5.02 Å². The van der Waals surface area contributed by atoms with Gasteiger partial charge in [0.2, 0.25) is 0 Å². The molecule has 0 bridgehead atoms. The Bertz CT molecular complexity index is 687. The van der Waals surface area contributed by atoms with Crippen LogP contribution in [0.15, 0.2) is 42.5 Å². The molecule has 3 nitrogen and oxygen atoms in total. The van der Waals surface area contributed by atoms with Crippen LogP contribution < -0.4 is 10.1 Å². The van der Waals surface area contributed by atoms with Crippen molar-refractivity contribution in [2.75, 3.05) is 5.32 Å². The molecular formula is C14H8Cl2F3NO2. The van der Waals surface area contributed by atoms with Gasteiger partial charge in [-0.3, -0.25) is 4.79 Å². The maximum absolute atomic E-state index is 12.4. The molecule has 1 amide bonds. The molecule has 22 heavy (non-hydrogen) atoms. The number of rotatable bonds is 3. The van der Waals surface area contributed by atoms with Gasteiger partial charge in [0.05, 0.1) is 5.69 Å². The quantitative estimate of drug-likeness (QED) is 0.832. The third kappa shape index (κ3) is 4.54. The summed E-state index contributed by atoms with van der Waals surface area (Å²) in [6, 6.07) is 9.39. The fourth-order valence-corrected chi connectivity index (χ4v) is 1.89. The minimum absolute atomic E-state index is 0.0451. The van der Waals surface area contributed by atoms with Gasteiger partial charge in [0, 0.05) is 21.7 Å². The lowest BCUT2D eigenvalue weighted by atomic mass is 10.2. The Morgan fingerprint density at radius 2 is 1.59 bits per heavy atom. The fraction of sp³-hybridized carbons (Fsp3) is 0.0714. The Morgan fingerprint density at radius 3 is 2.18 bits per heavy atom. The molecule has 0 radical (unpaired) electrons. The highest BCUT2D eigenvalue weighted by Gasteiger charge is 2.32. The minimum atomic E-state index is -4.90. The van der Waals surface area contributed by atoms with Gasteiger partial charge < -0.3 is 10.1 Å². The molecule has 0 saturated carbocycles. The molecule has 0 spiro atoms. The SMILES string of the molecule is O=C(Nc1ccc(Cl)cc1OC(F)(F)F)c1ccc(Cl)cc1. The zero-order valence-corrected chi connectivity index (χ0v) is 12.3. The lowest BCUT2D eigenvalue weighted by Gasteiger charge is -2.14. The third-order valence-electron chi connectivity index (χ3n) is 2.52. The number of ether oxygens (including phenoxy) is 1. The zero-order valence-electron chi connectivity index (χ0n) is 10.7. The normalized spacial score (nSPS) is 11.1. The molecule has 0 fully saturated rings. The highest BCUT2D eigenvalue weighted by atomic mass is 35.5. The van der Waals surface area contributed by atoms with Crippen LogP contribution in [0, 0.1) is 0 Å². The molecule has 0 unspecified atom stereocenters. The van der Waals surface area contributed by atoms with Crippen molar-refractivity contribution in [2.24, 2.45) is 0 Å². The summed E-state index contributed by atoms with van der Waals surface area (Å²) in [5, 5.41) is 2.81.